The normalized spacial score (nSPS) is 10.9. The van der Waals surface area contributed by atoms with E-state index in [1.807, 2.05) is 6.92 Å². The molecule has 0 bridgehead atoms. The van der Waals surface area contributed by atoms with Crippen molar-refractivity contribution in [2.45, 2.75) is 26.2 Å². The molecule has 47 heavy (non-hydrogen) atoms. The molecule has 0 aliphatic heterocycles. The van der Waals surface area contributed by atoms with Gasteiger partial charge in [0.2, 0.25) is 11.7 Å². The summed E-state index contributed by atoms with van der Waals surface area (Å²) in [4.78, 5) is 37.8. The van der Waals surface area contributed by atoms with Gasteiger partial charge in [-0.05, 0) is 48.9 Å². The maximum absolute atomic E-state index is 15.2. The number of rotatable bonds is 14. The predicted octanol–water partition coefficient (Wildman–Crippen LogP) is 5.87. The lowest BCUT2D eigenvalue weighted by Crippen LogP contribution is -2.29. The highest BCUT2D eigenvalue weighted by molar-refractivity contribution is 6.01. The number of hydrogen-bond donors (Lipinski definition) is 3. The molecular weight excluding hydrogens is 614 g/mol. The van der Waals surface area contributed by atoms with Crippen molar-refractivity contribution >= 4 is 34.2 Å². The van der Waals surface area contributed by atoms with Gasteiger partial charge in [-0.1, -0.05) is 13.3 Å². The first-order valence-electron chi connectivity index (χ1n) is 14.8. The minimum absolute atomic E-state index is 0.0293. The van der Waals surface area contributed by atoms with Gasteiger partial charge in [-0.3, -0.25) is 4.79 Å². The van der Waals surface area contributed by atoms with Gasteiger partial charge < -0.3 is 30.2 Å². The molecule has 0 atom stereocenters. The number of amides is 3. The highest BCUT2D eigenvalue weighted by Crippen LogP contribution is 2.36. The van der Waals surface area contributed by atoms with E-state index < -0.39 is 23.6 Å². The van der Waals surface area contributed by atoms with Crippen molar-refractivity contribution in [3.63, 3.8) is 0 Å². The number of anilines is 2. The molecule has 3 N–H and O–H groups in total. The third kappa shape index (κ3) is 8.52. The fourth-order valence-electron chi connectivity index (χ4n) is 4.33. The first-order valence-corrected chi connectivity index (χ1v) is 14.8. The second-order valence-electron chi connectivity index (χ2n) is 10.2. The van der Waals surface area contributed by atoms with Crippen LogP contribution in [0.1, 0.15) is 36.8 Å². The van der Waals surface area contributed by atoms with E-state index in [1.54, 1.807) is 19.2 Å². The van der Waals surface area contributed by atoms with Crippen LogP contribution in [0, 0.1) is 11.6 Å². The van der Waals surface area contributed by atoms with Gasteiger partial charge in [0.15, 0.2) is 11.6 Å². The molecule has 0 fully saturated rings. The van der Waals surface area contributed by atoms with Gasteiger partial charge in [0.1, 0.15) is 24.2 Å². The molecule has 13 nitrogen and oxygen atoms in total. The summed E-state index contributed by atoms with van der Waals surface area (Å²) in [6.45, 7) is 3.36. The zero-order chi connectivity index (χ0) is 33.2. The smallest absolute Gasteiger partial charge is 0.319 e. The number of halogens is 2. The minimum atomic E-state index is -0.786. The number of carbonyl (C=O) groups is 2. The minimum Gasteiger partial charge on any atom is -0.491 e. The molecule has 0 unspecified atom stereocenters. The van der Waals surface area contributed by atoms with Crippen LogP contribution in [0.2, 0.25) is 0 Å². The molecule has 3 aromatic carbocycles. The molecule has 0 saturated heterocycles. The molecule has 3 amide bonds. The Hall–Kier alpha value is -5.70. The Bertz CT molecular complexity index is 1850. The zero-order valence-electron chi connectivity index (χ0n) is 25.6. The third-order valence-corrected chi connectivity index (χ3v) is 6.70. The van der Waals surface area contributed by atoms with Gasteiger partial charge in [0, 0.05) is 44.5 Å². The van der Waals surface area contributed by atoms with Crippen molar-refractivity contribution < 1.29 is 32.6 Å². The Balaban J connectivity index is 1.33. The van der Waals surface area contributed by atoms with E-state index >= 15 is 4.39 Å². The van der Waals surface area contributed by atoms with Gasteiger partial charge in [-0.15, -0.1) is 5.10 Å². The van der Waals surface area contributed by atoms with Crippen molar-refractivity contribution in [3.8, 4) is 23.1 Å². The third-order valence-electron chi connectivity index (χ3n) is 6.70. The van der Waals surface area contributed by atoms with E-state index in [0.717, 1.165) is 18.9 Å². The summed E-state index contributed by atoms with van der Waals surface area (Å²) in [5.74, 6) is -1.81. The number of hydrogen-bond acceptors (Lipinski definition) is 9. The Kier molecular flexibility index (Phi) is 10.8. The van der Waals surface area contributed by atoms with Crippen molar-refractivity contribution in [2.24, 2.45) is 0 Å². The summed E-state index contributed by atoms with van der Waals surface area (Å²) in [6.07, 6.45) is 4.95. The summed E-state index contributed by atoms with van der Waals surface area (Å²) in [6, 6.07) is 12.2. The molecule has 2 aromatic heterocycles. The van der Waals surface area contributed by atoms with Crippen LogP contribution in [0.5, 0.6) is 17.4 Å². The number of methoxy groups -OCH3 is 1. The number of aromatic nitrogens is 5. The number of benzene rings is 3. The average Bonchev–Trinajstić information content (AvgIpc) is 3.56. The van der Waals surface area contributed by atoms with Gasteiger partial charge >= 0.3 is 6.03 Å². The quantitative estimate of drug-likeness (QED) is 0.126. The molecular formula is C32H32F2N8O5. The molecule has 244 valence electrons. The number of carbonyl (C=O) groups excluding carboxylic acids is 2. The second kappa shape index (κ2) is 15.5. The molecule has 0 saturated carbocycles. The van der Waals surface area contributed by atoms with Crippen molar-refractivity contribution in [3.05, 3.63) is 84.7 Å². The van der Waals surface area contributed by atoms with E-state index in [1.165, 1.54) is 53.7 Å². The summed E-state index contributed by atoms with van der Waals surface area (Å²) in [5.41, 5.74) is 1.41. The molecule has 0 aliphatic carbocycles. The van der Waals surface area contributed by atoms with Crippen LogP contribution in [-0.2, 0) is 4.74 Å². The van der Waals surface area contributed by atoms with E-state index in [0.29, 0.717) is 54.2 Å². The molecule has 5 rings (SSSR count). The van der Waals surface area contributed by atoms with Crippen molar-refractivity contribution in [2.75, 3.05) is 37.5 Å². The van der Waals surface area contributed by atoms with Crippen LogP contribution >= 0.6 is 0 Å². The van der Waals surface area contributed by atoms with Crippen LogP contribution in [-0.4, -0.2) is 63.5 Å². The summed E-state index contributed by atoms with van der Waals surface area (Å²) in [5, 5.41) is 12.6. The lowest BCUT2D eigenvalue weighted by atomic mass is 10.2. The fourth-order valence-corrected chi connectivity index (χ4v) is 4.33. The Labute approximate surface area is 268 Å². The number of fused-ring (bicyclic) bond motifs is 1. The molecule has 0 spiro atoms. The van der Waals surface area contributed by atoms with Gasteiger partial charge in [-0.2, -0.15) is 0 Å². The van der Waals surface area contributed by atoms with Gasteiger partial charge in [0.05, 0.1) is 28.9 Å². The predicted molar refractivity (Wildman–Crippen MR) is 169 cm³/mol. The topological polar surface area (TPSA) is 154 Å². The molecule has 5 aromatic rings. The number of unbranched alkanes of at least 4 members (excludes halogenated alkanes) is 1. The highest BCUT2D eigenvalue weighted by Gasteiger charge is 2.18. The molecule has 15 heteroatoms. The summed E-state index contributed by atoms with van der Waals surface area (Å²) >= 11 is 0. The second-order valence-corrected chi connectivity index (χ2v) is 10.2. The summed E-state index contributed by atoms with van der Waals surface area (Å²) in [7, 11) is 1.60. The highest BCUT2D eigenvalue weighted by atomic mass is 19.1. The van der Waals surface area contributed by atoms with Crippen LogP contribution < -0.4 is 25.4 Å². The van der Waals surface area contributed by atoms with E-state index in [-0.39, 0.29) is 23.1 Å². The largest absolute Gasteiger partial charge is 0.491 e. The monoisotopic (exact) mass is 646 g/mol. The fraction of sp³-hybridized carbons (Fsp3) is 0.250. The van der Waals surface area contributed by atoms with E-state index in [4.69, 9.17) is 14.2 Å². The van der Waals surface area contributed by atoms with Crippen molar-refractivity contribution in [1.82, 2.24) is 30.0 Å². The van der Waals surface area contributed by atoms with Gasteiger partial charge in [-0.25, -0.2) is 33.2 Å². The average molecular weight is 647 g/mol. The van der Waals surface area contributed by atoms with E-state index in [2.05, 4.69) is 36.0 Å². The summed E-state index contributed by atoms with van der Waals surface area (Å²) < 4.78 is 46.6. The van der Waals surface area contributed by atoms with Gasteiger partial charge in [0.25, 0.3) is 5.91 Å². The van der Waals surface area contributed by atoms with Crippen molar-refractivity contribution in [1.29, 1.82) is 0 Å². The standard InChI is InChI=1S/C32H32F2N8O5/c1-3-4-12-35-32(44)40-26-16-23-25(17-28(26)46-14-5-13-45-2)36-18-37-31(23)47-27-11-8-21(15-24(27)34)39-30(43)29-38-19-42(41-29)22-9-6-20(33)7-10-22/h6-11,15-19H,3-5,12-14H2,1-2H3,(H,39,43)(H2,35,40,44). The molecule has 2 heterocycles. The lowest BCUT2D eigenvalue weighted by molar-refractivity contribution is 0.101. The van der Waals surface area contributed by atoms with Crippen LogP contribution in [0.15, 0.2) is 67.3 Å². The first-order chi connectivity index (χ1) is 22.8. The number of nitrogens with zero attached hydrogens (tertiary/aromatic N) is 5. The Morgan fingerprint density at radius 2 is 1.74 bits per heavy atom. The molecule has 0 aliphatic rings. The van der Waals surface area contributed by atoms with Crippen LogP contribution in [0.25, 0.3) is 16.6 Å². The maximum Gasteiger partial charge on any atom is 0.319 e. The Morgan fingerprint density at radius 1 is 0.915 bits per heavy atom. The first kappa shape index (κ1) is 32.7. The maximum atomic E-state index is 15.2. The zero-order valence-corrected chi connectivity index (χ0v) is 25.6. The van der Waals surface area contributed by atoms with Crippen LogP contribution in [0.4, 0.5) is 25.0 Å². The number of urea groups is 1. The Morgan fingerprint density at radius 3 is 2.51 bits per heavy atom. The molecule has 0 radical (unpaired) electrons. The SMILES string of the molecule is CCCCNC(=O)Nc1cc2c(Oc3ccc(NC(=O)c4ncn(-c5ccc(F)cc5)n4)cc3F)ncnc2cc1OCCCOC. The number of nitrogens with one attached hydrogen (secondary N) is 3. The van der Waals surface area contributed by atoms with Crippen LogP contribution in [0.3, 0.4) is 0 Å². The number of ether oxygens (including phenoxy) is 3. The lowest BCUT2D eigenvalue weighted by Gasteiger charge is -2.15. The van der Waals surface area contributed by atoms with E-state index in [9.17, 15) is 14.0 Å².